The number of fused-ring (bicyclic) bond motifs is 1. The first kappa shape index (κ1) is 11.1. The van der Waals surface area contributed by atoms with Crippen LogP contribution in [0.1, 0.15) is 71.6 Å². The van der Waals surface area contributed by atoms with Crippen LogP contribution in [0.4, 0.5) is 0 Å². The molecule has 2 aliphatic carbocycles. The molecule has 0 aliphatic heterocycles. The lowest BCUT2D eigenvalue weighted by Crippen LogP contribution is -2.17. The van der Waals surface area contributed by atoms with Crippen molar-refractivity contribution in [1.29, 1.82) is 0 Å². The SMILES string of the molecule is C1CCC2CCCCC2CC1.CC. The monoisotopic (exact) mass is 182 g/mol. The second-order valence-electron chi connectivity index (χ2n) is 4.44. The average molecular weight is 182 g/mol. The van der Waals surface area contributed by atoms with Gasteiger partial charge in [-0.05, 0) is 11.8 Å². The third-order valence-corrected chi connectivity index (χ3v) is 3.72. The molecule has 0 nitrogen and oxygen atoms in total. The summed E-state index contributed by atoms with van der Waals surface area (Å²) >= 11 is 0. The fourth-order valence-electron chi connectivity index (χ4n) is 3.03. The van der Waals surface area contributed by atoms with E-state index in [1.54, 1.807) is 25.7 Å². The van der Waals surface area contributed by atoms with Gasteiger partial charge in [0, 0.05) is 0 Å². The molecule has 78 valence electrons. The van der Waals surface area contributed by atoms with Crippen LogP contribution in [0, 0.1) is 11.8 Å². The van der Waals surface area contributed by atoms with Crippen molar-refractivity contribution in [3.63, 3.8) is 0 Å². The lowest BCUT2D eigenvalue weighted by atomic mass is 9.77. The van der Waals surface area contributed by atoms with Crippen molar-refractivity contribution in [2.75, 3.05) is 0 Å². The van der Waals surface area contributed by atoms with E-state index in [2.05, 4.69) is 0 Å². The van der Waals surface area contributed by atoms with Crippen LogP contribution in [0.25, 0.3) is 0 Å². The van der Waals surface area contributed by atoms with Crippen LogP contribution in [0.3, 0.4) is 0 Å². The molecule has 2 aliphatic rings. The molecule has 2 unspecified atom stereocenters. The van der Waals surface area contributed by atoms with Gasteiger partial charge in [0.15, 0.2) is 0 Å². The van der Waals surface area contributed by atoms with Crippen LogP contribution in [-0.4, -0.2) is 0 Å². The summed E-state index contributed by atoms with van der Waals surface area (Å²) in [4.78, 5) is 0. The smallest absolute Gasteiger partial charge is 0.0386 e. The van der Waals surface area contributed by atoms with Gasteiger partial charge >= 0.3 is 0 Å². The number of hydrogen-bond donors (Lipinski definition) is 0. The fourth-order valence-corrected chi connectivity index (χ4v) is 3.03. The quantitative estimate of drug-likeness (QED) is 0.505. The molecule has 0 heterocycles. The van der Waals surface area contributed by atoms with E-state index in [4.69, 9.17) is 0 Å². The lowest BCUT2D eigenvalue weighted by Gasteiger charge is -2.29. The molecule has 0 heteroatoms. The Kier molecular flexibility index (Phi) is 5.50. The van der Waals surface area contributed by atoms with Crippen molar-refractivity contribution < 1.29 is 0 Å². The van der Waals surface area contributed by atoms with Gasteiger partial charge in [0.2, 0.25) is 0 Å². The summed E-state index contributed by atoms with van der Waals surface area (Å²) < 4.78 is 0. The van der Waals surface area contributed by atoms with Crippen molar-refractivity contribution in [2.24, 2.45) is 11.8 Å². The van der Waals surface area contributed by atoms with E-state index in [1.165, 1.54) is 32.1 Å². The zero-order valence-corrected chi connectivity index (χ0v) is 9.52. The Morgan fingerprint density at radius 3 is 1.23 bits per heavy atom. The van der Waals surface area contributed by atoms with Gasteiger partial charge in [-0.15, -0.1) is 0 Å². The normalized spacial score (nSPS) is 33.7. The van der Waals surface area contributed by atoms with Crippen LogP contribution in [0.5, 0.6) is 0 Å². The van der Waals surface area contributed by atoms with E-state index in [0.29, 0.717) is 0 Å². The zero-order valence-electron chi connectivity index (χ0n) is 9.52. The number of rotatable bonds is 0. The summed E-state index contributed by atoms with van der Waals surface area (Å²) in [7, 11) is 0. The predicted molar refractivity (Wildman–Crippen MR) is 59.9 cm³/mol. The minimum absolute atomic E-state index is 1.14. The fraction of sp³-hybridized carbons (Fsp3) is 1.00. The molecule has 0 aromatic heterocycles. The Balaban J connectivity index is 0.000000396. The van der Waals surface area contributed by atoms with E-state index >= 15 is 0 Å². The molecule has 0 aromatic rings. The molecule has 0 amide bonds. The molecule has 2 atom stereocenters. The minimum atomic E-state index is 1.14. The maximum absolute atomic E-state index is 2.00. The topological polar surface area (TPSA) is 0 Å². The minimum Gasteiger partial charge on any atom is -0.0683 e. The highest BCUT2D eigenvalue weighted by Crippen LogP contribution is 2.38. The molecule has 0 N–H and O–H groups in total. The highest BCUT2D eigenvalue weighted by Gasteiger charge is 2.25. The summed E-state index contributed by atoms with van der Waals surface area (Å²) in [6.07, 6.45) is 13.9. The van der Waals surface area contributed by atoms with Crippen molar-refractivity contribution >= 4 is 0 Å². The second kappa shape index (κ2) is 6.45. The molecule has 2 rings (SSSR count). The van der Waals surface area contributed by atoms with E-state index in [9.17, 15) is 0 Å². The first-order valence-corrected chi connectivity index (χ1v) is 6.47. The van der Waals surface area contributed by atoms with Crippen molar-refractivity contribution in [3.8, 4) is 0 Å². The molecule has 2 fully saturated rings. The van der Waals surface area contributed by atoms with Crippen molar-refractivity contribution in [1.82, 2.24) is 0 Å². The van der Waals surface area contributed by atoms with Crippen LogP contribution in [-0.2, 0) is 0 Å². The summed E-state index contributed by atoms with van der Waals surface area (Å²) in [5.74, 6) is 2.29. The Bertz CT molecular complexity index is 103. The van der Waals surface area contributed by atoms with E-state index < -0.39 is 0 Å². The maximum Gasteiger partial charge on any atom is -0.0386 e. The number of hydrogen-bond acceptors (Lipinski definition) is 0. The Morgan fingerprint density at radius 1 is 0.538 bits per heavy atom. The van der Waals surface area contributed by atoms with Crippen LogP contribution < -0.4 is 0 Å². The Hall–Kier alpha value is 0. The first-order valence-electron chi connectivity index (χ1n) is 6.47. The van der Waals surface area contributed by atoms with Gasteiger partial charge in [0.05, 0.1) is 0 Å². The summed E-state index contributed by atoms with van der Waals surface area (Å²) in [6, 6.07) is 0. The first-order chi connectivity index (χ1) is 6.47. The second-order valence-corrected chi connectivity index (χ2v) is 4.44. The van der Waals surface area contributed by atoms with Gasteiger partial charge in [-0.3, -0.25) is 0 Å². The molecule has 0 aromatic carbocycles. The highest BCUT2D eigenvalue weighted by molar-refractivity contribution is 4.77. The maximum atomic E-state index is 2.00. The third-order valence-electron chi connectivity index (χ3n) is 3.72. The van der Waals surface area contributed by atoms with Crippen LogP contribution >= 0.6 is 0 Å². The average Bonchev–Trinajstić information content (AvgIpc) is 2.45. The molecular formula is C13H26. The van der Waals surface area contributed by atoms with Gasteiger partial charge in [-0.1, -0.05) is 71.6 Å². The standard InChI is InChI=1S/C11H20.C2H6/c1-2-6-10-8-4-5-9-11(10)7-3-1;1-2/h10-11H,1-9H2;1-2H3. The van der Waals surface area contributed by atoms with Crippen molar-refractivity contribution in [3.05, 3.63) is 0 Å². The van der Waals surface area contributed by atoms with Gasteiger partial charge in [0.25, 0.3) is 0 Å². The third kappa shape index (κ3) is 3.32. The Morgan fingerprint density at radius 2 is 0.846 bits per heavy atom. The lowest BCUT2D eigenvalue weighted by molar-refractivity contribution is 0.224. The summed E-state index contributed by atoms with van der Waals surface area (Å²) in [5.41, 5.74) is 0. The van der Waals surface area contributed by atoms with Crippen LogP contribution in [0.15, 0.2) is 0 Å². The zero-order chi connectivity index (χ0) is 9.52. The molecule has 2 saturated carbocycles. The molecule has 0 bridgehead atoms. The predicted octanol–water partition coefficient (Wildman–Crippen LogP) is 4.78. The highest BCUT2D eigenvalue weighted by atomic mass is 14.3. The van der Waals surface area contributed by atoms with Crippen molar-refractivity contribution in [2.45, 2.75) is 71.6 Å². The largest absolute Gasteiger partial charge is 0.0683 e. The van der Waals surface area contributed by atoms with E-state index in [-0.39, 0.29) is 0 Å². The molecule has 0 saturated heterocycles. The van der Waals surface area contributed by atoms with Gasteiger partial charge in [0.1, 0.15) is 0 Å². The van der Waals surface area contributed by atoms with Gasteiger partial charge in [-0.2, -0.15) is 0 Å². The molecule has 0 spiro atoms. The van der Waals surface area contributed by atoms with Gasteiger partial charge in [-0.25, -0.2) is 0 Å². The molecule has 0 radical (unpaired) electrons. The molecule has 13 heavy (non-hydrogen) atoms. The van der Waals surface area contributed by atoms with Gasteiger partial charge < -0.3 is 0 Å². The Labute approximate surface area is 84.1 Å². The summed E-state index contributed by atoms with van der Waals surface area (Å²) in [6.45, 7) is 4.00. The molecular weight excluding hydrogens is 156 g/mol. The van der Waals surface area contributed by atoms with E-state index in [1.807, 2.05) is 13.8 Å². The summed E-state index contributed by atoms with van der Waals surface area (Å²) in [5, 5.41) is 0. The van der Waals surface area contributed by atoms with Crippen LogP contribution in [0.2, 0.25) is 0 Å². The van der Waals surface area contributed by atoms with E-state index in [0.717, 1.165) is 11.8 Å².